The molecule has 1 atom stereocenters. The highest BCUT2D eigenvalue weighted by atomic mass is 35.5. The number of carbonyl (C=O) groups is 3. The number of carbonyl (C=O) groups excluding carboxylic acids is 3. The number of para-hydroxylation sites is 1. The van der Waals surface area contributed by atoms with Crippen LogP contribution in [0, 0.1) is 0 Å². The third-order valence-corrected chi connectivity index (χ3v) is 3.98. The number of hydrogen-bond acceptors (Lipinski definition) is 4. The molecule has 0 aliphatic carbocycles. The molecule has 7 heteroatoms. The first-order chi connectivity index (χ1) is 13.1. The highest BCUT2D eigenvalue weighted by molar-refractivity contribution is 6.36. The fourth-order valence-electron chi connectivity index (χ4n) is 2.42. The minimum Gasteiger partial charge on any atom is -0.444 e. The van der Waals surface area contributed by atoms with E-state index < -0.39 is 29.6 Å². The number of benzene rings is 2. The topological polar surface area (TPSA) is 75.7 Å². The minimum absolute atomic E-state index is 0.186. The molecule has 0 spiro atoms. The lowest BCUT2D eigenvalue weighted by atomic mass is 10.1. The summed E-state index contributed by atoms with van der Waals surface area (Å²) in [5.74, 6) is -1.19. The highest BCUT2D eigenvalue weighted by Gasteiger charge is 2.31. The highest BCUT2D eigenvalue weighted by Crippen LogP contribution is 2.22. The van der Waals surface area contributed by atoms with Crippen molar-refractivity contribution in [2.75, 3.05) is 4.90 Å². The van der Waals surface area contributed by atoms with Gasteiger partial charge in [-0.2, -0.15) is 0 Å². The van der Waals surface area contributed by atoms with Crippen molar-refractivity contribution >= 4 is 35.2 Å². The quantitative estimate of drug-likeness (QED) is 0.820. The van der Waals surface area contributed by atoms with Crippen LogP contribution in [0.4, 0.5) is 10.5 Å². The van der Waals surface area contributed by atoms with E-state index in [1.54, 1.807) is 75.4 Å². The molecule has 0 aliphatic heterocycles. The molecule has 0 bridgehead atoms. The maximum atomic E-state index is 13.1. The summed E-state index contributed by atoms with van der Waals surface area (Å²) in [6, 6.07) is 13.9. The Morgan fingerprint density at radius 2 is 1.57 bits per heavy atom. The molecule has 2 aromatic carbocycles. The average molecular weight is 403 g/mol. The van der Waals surface area contributed by atoms with Crippen LogP contribution in [0.5, 0.6) is 0 Å². The molecule has 0 unspecified atom stereocenters. The Morgan fingerprint density at radius 3 is 2.14 bits per heavy atom. The van der Waals surface area contributed by atoms with Crippen molar-refractivity contribution in [3.05, 3.63) is 65.2 Å². The molecule has 0 aliphatic rings. The number of ether oxygens (including phenoxy) is 1. The predicted octanol–water partition coefficient (Wildman–Crippen LogP) is 4.43. The Bertz CT molecular complexity index is 862. The van der Waals surface area contributed by atoms with Gasteiger partial charge in [-0.05, 0) is 52.0 Å². The van der Waals surface area contributed by atoms with E-state index in [9.17, 15) is 14.4 Å². The molecular weight excluding hydrogens is 380 g/mol. The Labute approximate surface area is 169 Å². The molecule has 0 saturated carbocycles. The number of rotatable bonds is 4. The van der Waals surface area contributed by atoms with Gasteiger partial charge < -0.3 is 10.1 Å². The van der Waals surface area contributed by atoms with E-state index in [0.717, 1.165) is 4.90 Å². The van der Waals surface area contributed by atoms with E-state index >= 15 is 0 Å². The molecule has 148 valence electrons. The van der Waals surface area contributed by atoms with Crippen LogP contribution >= 0.6 is 11.6 Å². The number of nitrogens with one attached hydrogen (secondary N) is 1. The number of hydrogen-bond donors (Lipinski definition) is 1. The third-order valence-electron chi connectivity index (χ3n) is 3.65. The lowest BCUT2D eigenvalue weighted by Gasteiger charge is -2.26. The fraction of sp³-hybridized carbons (Fsp3) is 0.286. The fourth-order valence-corrected chi connectivity index (χ4v) is 2.63. The van der Waals surface area contributed by atoms with Crippen LogP contribution in [0.1, 0.15) is 38.1 Å². The summed E-state index contributed by atoms with van der Waals surface area (Å²) in [5, 5.41) is 2.70. The molecular formula is C21H23ClN2O4. The van der Waals surface area contributed by atoms with Crippen molar-refractivity contribution in [1.29, 1.82) is 0 Å². The van der Waals surface area contributed by atoms with Crippen LogP contribution < -0.4 is 10.2 Å². The van der Waals surface area contributed by atoms with E-state index in [2.05, 4.69) is 5.32 Å². The Kier molecular flexibility index (Phi) is 6.80. The number of nitrogens with zero attached hydrogens (tertiary/aromatic N) is 1. The van der Waals surface area contributed by atoms with Gasteiger partial charge in [-0.25, -0.2) is 9.69 Å². The molecule has 0 fully saturated rings. The number of imide groups is 1. The second-order valence-electron chi connectivity index (χ2n) is 7.16. The van der Waals surface area contributed by atoms with Crippen molar-refractivity contribution in [1.82, 2.24) is 5.32 Å². The normalized spacial score (nSPS) is 12.0. The van der Waals surface area contributed by atoms with E-state index in [-0.39, 0.29) is 10.6 Å². The van der Waals surface area contributed by atoms with Gasteiger partial charge in [0.15, 0.2) is 0 Å². The van der Waals surface area contributed by atoms with Crippen molar-refractivity contribution < 1.29 is 19.1 Å². The second kappa shape index (κ2) is 8.89. The molecule has 28 heavy (non-hydrogen) atoms. The van der Waals surface area contributed by atoms with Gasteiger partial charge in [0, 0.05) is 0 Å². The van der Waals surface area contributed by atoms with Crippen LogP contribution in [0.15, 0.2) is 54.6 Å². The summed E-state index contributed by atoms with van der Waals surface area (Å²) in [5.41, 5.74) is -0.152. The van der Waals surface area contributed by atoms with E-state index in [1.165, 1.54) is 6.92 Å². The van der Waals surface area contributed by atoms with Crippen molar-refractivity contribution in [3.63, 3.8) is 0 Å². The van der Waals surface area contributed by atoms with Gasteiger partial charge >= 0.3 is 6.09 Å². The third kappa shape index (κ3) is 5.57. The summed E-state index contributed by atoms with van der Waals surface area (Å²) in [6.07, 6.45) is -0.744. The molecule has 0 aromatic heterocycles. The first-order valence-corrected chi connectivity index (χ1v) is 9.15. The summed E-state index contributed by atoms with van der Waals surface area (Å²) in [6.45, 7) is 6.64. The standard InChI is InChI=1S/C21H23ClN2O4/c1-14(23-20(27)28-21(2,3)4)18(25)24(15-10-6-5-7-11-15)19(26)16-12-8-9-13-17(16)22/h5-14H,1-4H3,(H,23,27)/t14-/m0/s1. The zero-order chi connectivity index (χ0) is 20.9. The molecule has 3 amide bonds. The van der Waals surface area contributed by atoms with Crippen LogP contribution in [-0.2, 0) is 9.53 Å². The van der Waals surface area contributed by atoms with E-state index in [1.807, 2.05) is 0 Å². The zero-order valence-corrected chi connectivity index (χ0v) is 17.0. The first-order valence-electron chi connectivity index (χ1n) is 8.77. The second-order valence-corrected chi connectivity index (χ2v) is 7.57. The van der Waals surface area contributed by atoms with Gasteiger partial charge in [-0.15, -0.1) is 0 Å². The van der Waals surface area contributed by atoms with Crippen molar-refractivity contribution in [3.8, 4) is 0 Å². The van der Waals surface area contributed by atoms with Crippen molar-refractivity contribution in [2.45, 2.75) is 39.3 Å². The van der Waals surface area contributed by atoms with Gasteiger partial charge in [0.25, 0.3) is 11.8 Å². The summed E-state index contributed by atoms with van der Waals surface area (Å²) >= 11 is 6.14. The van der Waals surface area contributed by atoms with Crippen molar-refractivity contribution in [2.24, 2.45) is 0 Å². The maximum absolute atomic E-state index is 13.1. The van der Waals surface area contributed by atoms with Crippen LogP contribution in [0.3, 0.4) is 0 Å². The van der Waals surface area contributed by atoms with Crippen LogP contribution in [-0.4, -0.2) is 29.6 Å². The maximum Gasteiger partial charge on any atom is 0.408 e. The number of amides is 3. The molecule has 1 N–H and O–H groups in total. The largest absolute Gasteiger partial charge is 0.444 e. The molecule has 6 nitrogen and oxygen atoms in total. The monoisotopic (exact) mass is 402 g/mol. The number of halogens is 1. The van der Waals surface area contributed by atoms with Gasteiger partial charge in [0.05, 0.1) is 16.3 Å². The molecule has 0 saturated heterocycles. The lowest BCUT2D eigenvalue weighted by Crippen LogP contribution is -2.50. The first kappa shape index (κ1) is 21.4. The molecule has 0 radical (unpaired) electrons. The minimum atomic E-state index is -0.999. The predicted molar refractivity (Wildman–Crippen MR) is 109 cm³/mol. The summed E-state index contributed by atoms with van der Waals surface area (Å²) in [7, 11) is 0. The lowest BCUT2D eigenvalue weighted by molar-refractivity contribution is -0.119. The smallest absolute Gasteiger partial charge is 0.408 e. The molecule has 0 heterocycles. The average Bonchev–Trinajstić information content (AvgIpc) is 2.61. The van der Waals surface area contributed by atoms with Crippen LogP contribution in [0.25, 0.3) is 0 Å². The summed E-state index contributed by atoms with van der Waals surface area (Å²) < 4.78 is 5.18. The van der Waals surface area contributed by atoms with Gasteiger partial charge in [-0.1, -0.05) is 41.9 Å². The summed E-state index contributed by atoms with van der Waals surface area (Å²) in [4.78, 5) is 39.2. The van der Waals surface area contributed by atoms with E-state index in [0.29, 0.717) is 5.69 Å². The van der Waals surface area contributed by atoms with Gasteiger partial charge in [-0.3, -0.25) is 9.59 Å². The van der Waals surface area contributed by atoms with Gasteiger partial charge in [0.2, 0.25) is 0 Å². The molecule has 2 rings (SSSR count). The SMILES string of the molecule is C[C@H](NC(=O)OC(C)(C)C)C(=O)N(C(=O)c1ccccc1Cl)c1ccccc1. The van der Waals surface area contributed by atoms with Crippen LogP contribution in [0.2, 0.25) is 5.02 Å². The Morgan fingerprint density at radius 1 is 1.00 bits per heavy atom. The molecule has 2 aromatic rings. The van der Waals surface area contributed by atoms with E-state index in [4.69, 9.17) is 16.3 Å². The Hall–Kier alpha value is -2.86. The van der Waals surface area contributed by atoms with Gasteiger partial charge in [0.1, 0.15) is 11.6 Å². The number of anilines is 1. The number of alkyl carbamates (subject to hydrolysis) is 1. The Balaban J connectivity index is 2.32. The zero-order valence-electron chi connectivity index (χ0n) is 16.2.